The van der Waals surface area contributed by atoms with Gasteiger partial charge in [0, 0.05) is 0 Å². The maximum absolute atomic E-state index is 1.71. The summed E-state index contributed by atoms with van der Waals surface area (Å²) in [7, 11) is 0. The summed E-state index contributed by atoms with van der Waals surface area (Å²) in [6, 6.07) is 0. The van der Waals surface area contributed by atoms with Gasteiger partial charge in [-0.1, -0.05) is 0 Å². The van der Waals surface area contributed by atoms with Crippen molar-refractivity contribution < 1.29 is 0 Å². The van der Waals surface area contributed by atoms with Crippen molar-refractivity contribution in [2.75, 3.05) is 0 Å². The van der Waals surface area contributed by atoms with Gasteiger partial charge in [-0.15, -0.1) is 0 Å². The molecule has 0 heterocycles. The van der Waals surface area contributed by atoms with Crippen LogP contribution in [0.3, 0.4) is 0 Å². The van der Waals surface area contributed by atoms with E-state index in [4.69, 9.17) is 0 Å². The molecular formula is C14H23Bi. The molecule has 4 bridgehead atoms. The zero-order chi connectivity index (χ0) is 9.83. The SMILES string of the molecule is C1CC2CC1C[CH]2[BiH][CH]1CC2CCC1C2. The first-order valence-electron chi connectivity index (χ1n) is 7.14. The molecule has 4 fully saturated rings. The molecule has 0 aliphatic heterocycles. The Bertz CT molecular complexity index is 236. The first-order valence-corrected chi connectivity index (χ1v) is 11.6. The quantitative estimate of drug-likeness (QED) is 0.621. The third-order valence-electron chi connectivity index (χ3n) is 5.90. The summed E-state index contributed by atoms with van der Waals surface area (Å²) in [6.07, 6.45) is 13.3. The molecule has 84 valence electrons. The zero-order valence-electron chi connectivity index (χ0n) is 9.62. The average molecular weight is 400 g/mol. The van der Waals surface area contributed by atoms with Crippen molar-refractivity contribution in [1.82, 2.24) is 0 Å². The van der Waals surface area contributed by atoms with E-state index in [1.165, 1.54) is 30.9 Å². The van der Waals surface area contributed by atoms with Crippen molar-refractivity contribution in [3.63, 3.8) is 0 Å². The van der Waals surface area contributed by atoms with Gasteiger partial charge in [-0.2, -0.15) is 0 Å². The van der Waals surface area contributed by atoms with Gasteiger partial charge in [0.15, 0.2) is 0 Å². The first kappa shape index (κ1) is 9.87. The van der Waals surface area contributed by atoms with E-state index in [2.05, 4.69) is 0 Å². The molecule has 6 unspecified atom stereocenters. The van der Waals surface area contributed by atoms with E-state index >= 15 is 0 Å². The Morgan fingerprint density at radius 1 is 0.600 bits per heavy atom. The van der Waals surface area contributed by atoms with Crippen molar-refractivity contribution in [3.05, 3.63) is 0 Å². The van der Waals surface area contributed by atoms with Crippen LogP contribution in [0.2, 0.25) is 7.25 Å². The molecule has 0 radical (unpaired) electrons. The van der Waals surface area contributed by atoms with E-state index in [0.29, 0.717) is 0 Å². The van der Waals surface area contributed by atoms with Gasteiger partial charge in [0.1, 0.15) is 0 Å². The van der Waals surface area contributed by atoms with Gasteiger partial charge >= 0.3 is 106 Å². The number of rotatable bonds is 2. The monoisotopic (exact) mass is 400 g/mol. The van der Waals surface area contributed by atoms with E-state index in [0.717, 1.165) is 0 Å². The van der Waals surface area contributed by atoms with Gasteiger partial charge < -0.3 is 0 Å². The maximum atomic E-state index is 1.71. The Balaban J connectivity index is 1.40. The van der Waals surface area contributed by atoms with Crippen LogP contribution in [-0.2, 0) is 0 Å². The number of hydrogen-bond acceptors (Lipinski definition) is 0. The molecule has 6 atom stereocenters. The second-order valence-corrected chi connectivity index (χ2v) is 13.8. The molecule has 0 nitrogen and oxygen atoms in total. The Morgan fingerprint density at radius 3 is 1.47 bits per heavy atom. The van der Waals surface area contributed by atoms with Crippen LogP contribution < -0.4 is 0 Å². The van der Waals surface area contributed by atoms with Gasteiger partial charge in [0.05, 0.1) is 0 Å². The molecule has 0 N–H and O–H groups in total. The van der Waals surface area contributed by atoms with Crippen molar-refractivity contribution in [2.24, 2.45) is 23.7 Å². The molecule has 15 heavy (non-hydrogen) atoms. The minimum absolute atomic E-state index is 0.225. The van der Waals surface area contributed by atoms with Crippen molar-refractivity contribution in [2.45, 2.75) is 58.6 Å². The Hall–Kier alpha value is 0.883. The summed E-state index contributed by atoms with van der Waals surface area (Å²) in [5.74, 6) is 4.95. The fourth-order valence-corrected chi connectivity index (χ4v) is 15.4. The van der Waals surface area contributed by atoms with Gasteiger partial charge in [-0.25, -0.2) is 0 Å². The van der Waals surface area contributed by atoms with E-state index < -0.39 is 0 Å². The van der Waals surface area contributed by atoms with Crippen LogP contribution >= 0.6 is 0 Å². The summed E-state index contributed by atoms with van der Waals surface area (Å²) in [5, 5.41) is 0. The summed E-state index contributed by atoms with van der Waals surface area (Å²) in [6.45, 7) is 0. The molecule has 4 rings (SSSR count). The van der Waals surface area contributed by atoms with Crippen LogP contribution in [-0.4, -0.2) is 23.2 Å². The number of hydrogen-bond donors (Lipinski definition) is 0. The minimum atomic E-state index is -0.225. The molecule has 0 saturated heterocycles. The molecule has 4 aliphatic rings. The van der Waals surface area contributed by atoms with Crippen LogP contribution in [0, 0.1) is 23.7 Å². The van der Waals surface area contributed by atoms with Crippen molar-refractivity contribution in [3.8, 4) is 0 Å². The van der Waals surface area contributed by atoms with Crippen LogP contribution in [0.15, 0.2) is 0 Å². The predicted octanol–water partition coefficient (Wildman–Crippen LogP) is 3.64. The topological polar surface area (TPSA) is 0 Å². The summed E-state index contributed by atoms with van der Waals surface area (Å²) >= 11 is -0.225. The normalized spacial score (nSPS) is 56.8. The molecule has 0 aromatic heterocycles. The van der Waals surface area contributed by atoms with Gasteiger partial charge in [-0.05, 0) is 0 Å². The Kier molecular flexibility index (Phi) is 2.43. The van der Waals surface area contributed by atoms with Crippen molar-refractivity contribution >= 4 is 23.2 Å². The molecule has 4 aliphatic carbocycles. The average Bonchev–Trinajstić information content (AvgIpc) is 2.96. The van der Waals surface area contributed by atoms with Gasteiger partial charge in [-0.3, -0.25) is 0 Å². The number of fused-ring (bicyclic) bond motifs is 4. The molecule has 0 amide bonds. The van der Waals surface area contributed by atoms with E-state index in [-0.39, 0.29) is 23.2 Å². The molecule has 1 heteroatoms. The zero-order valence-corrected chi connectivity index (χ0v) is 13.5. The second-order valence-electron chi connectivity index (χ2n) is 6.73. The molecular weight excluding hydrogens is 377 g/mol. The molecule has 0 aromatic carbocycles. The second kappa shape index (κ2) is 3.69. The Labute approximate surface area is 105 Å². The third-order valence-corrected chi connectivity index (χ3v) is 14.7. The first-order chi connectivity index (χ1) is 7.38. The van der Waals surface area contributed by atoms with E-state index in [9.17, 15) is 0 Å². The van der Waals surface area contributed by atoms with Crippen LogP contribution in [0.25, 0.3) is 0 Å². The molecule has 0 spiro atoms. The molecule has 0 aromatic rings. The summed E-state index contributed by atoms with van der Waals surface area (Å²) < 4.78 is 2.74. The van der Waals surface area contributed by atoms with Crippen molar-refractivity contribution in [1.29, 1.82) is 0 Å². The van der Waals surface area contributed by atoms with Crippen LogP contribution in [0.5, 0.6) is 0 Å². The predicted molar refractivity (Wildman–Crippen MR) is 65.5 cm³/mol. The van der Waals surface area contributed by atoms with E-state index in [1.54, 1.807) is 51.4 Å². The van der Waals surface area contributed by atoms with Crippen LogP contribution in [0.1, 0.15) is 51.4 Å². The third kappa shape index (κ3) is 1.63. The van der Waals surface area contributed by atoms with E-state index in [1.807, 2.05) is 0 Å². The fourth-order valence-electron chi connectivity index (χ4n) is 5.17. The van der Waals surface area contributed by atoms with Gasteiger partial charge in [0.2, 0.25) is 0 Å². The molecule has 4 saturated carbocycles. The Morgan fingerprint density at radius 2 is 1.13 bits per heavy atom. The standard InChI is InChI=1S/2C7H11.Bi.H/c2*1-2-7-4-3-6(1)5-7;;/h2*1,6-7H,2-5H2;;. The van der Waals surface area contributed by atoms with Gasteiger partial charge in [0.25, 0.3) is 0 Å². The van der Waals surface area contributed by atoms with Crippen LogP contribution in [0.4, 0.5) is 0 Å². The summed E-state index contributed by atoms with van der Waals surface area (Å²) in [4.78, 5) is 0. The fraction of sp³-hybridized carbons (Fsp3) is 1.00. The summed E-state index contributed by atoms with van der Waals surface area (Å²) in [5.41, 5.74) is 0.